The van der Waals surface area contributed by atoms with E-state index in [2.05, 4.69) is 10.1 Å². The molecule has 1 aliphatic carbocycles. The van der Waals surface area contributed by atoms with Crippen LogP contribution < -0.4 is 11.1 Å². The third kappa shape index (κ3) is 3.48. The Labute approximate surface area is 95.7 Å². The highest BCUT2D eigenvalue weighted by Crippen LogP contribution is 2.29. The van der Waals surface area contributed by atoms with Crippen molar-refractivity contribution >= 4 is 11.9 Å². The number of hydrogen-bond donors (Lipinski definition) is 2. The molecule has 0 aromatic heterocycles. The zero-order chi connectivity index (χ0) is 12.2. The minimum Gasteiger partial charge on any atom is -0.467 e. The second kappa shape index (κ2) is 5.30. The van der Waals surface area contributed by atoms with Crippen LogP contribution in [0.25, 0.3) is 0 Å². The molecule has 1 fully saturated rings. The lowest BCUT2D eigenvalue weighted by molar-refractivity contribution is -0.144. The van der Waals surface area contributed by atoms with Gasteiger partial charge in [-0.25, -0.2) is 4.79 Å². The van der Waals surface area contributed by atoms with E-state index in [1.54, 1.807) is 6.92 Å². The second-order valence-electron chi connectivity index (χ2n) is 4.56. The zero-order valence-corrected chi connectivity index (χ0v) is 9.91. The highest BCUT2D eigenvalue weighted by atomic mass is 16.5. The van der Waals surface area contributed by atoms with Crippen LogP contribution in [0.1, 0.15) is 39.0 Å². The largest absolute Gasteiger partial charge is 0.467 e. The highest BCUT2D eigenvalue weighted by Gasteiger charge is 2.32. The van der Waals surface area contributed by atoms with E-state index in [-0.39, 0.29) is 17.9 Å². The lowest BCUT2D eigenvalue weighted by Gasteiger charge is -2.23. The summed E-state index contributed by atoms with van der Waals surface area (Å²) in [6, 6.07) is -0.609. The summed E-state index contributed by atoms with van der Waals surface area (Å²) >= 11 is 0. The van der Waals surface area contributed by atoms with E-state index < -0.39 is 12.0 Å². The van der Waals surface area contributed by atoms with E-state index in [1.165, 1.54) is 7.11 Å². The molecule has 3 N–H and O–H groups in total. The fourth-order valence-corrected chi connectivity index (χ4v) is 2.10. The first-order valence-corrected chi connectivity index (χ1v) is 5.63. The molecule has 0 saturated heterocycles. The van der Waals surface area contributed by atoms with Crippen molar-refractivity contribution in [3.63, 3.8) is 0 Å². The van der Waals surface area contributed by atoms with Crippen molar-refractivity contribution in [1.29, 1.82) is 0 Å². The van der Waals surface area contributed by atoms with Crippen LogP contribution in [-0.4, -0.2) is 30.6 Å². The molecule has 0 aromatic rings. The Bertz CT molecular complexity index is 272. The van der Waals surface area contributed by atoms with Crippen LogP contribution in [0.3, 0.4) is 0 Å². The second-order valence-corrected chi connectivity index (χ2v) is 4.56. The van der Waals surface area contributed by atoms with Gasteiger partial charge in [0.15, 0.2) is 0 Å². The summed E-state index contributed by atoms with van der Waals surface area (Å²) < 4.78 is 4.52. The van der Waals surface area contributed by atoms with Crippen molar-refractivity contribution in [3.8, 4) is 0 Å². The van der Waals surface area contributed by atoms with Crippen molar-refractivity contribution in [2.24, 2.45) is 5.73 Å². The van der Waals surface area contributed by atoms with E-state index in [0.29, 0.717) is 0 Å². The molecule has 0 unspecified atom stereocenters. The molecule has 1 rings (SSSR count). The van der Waals surface area contributed by atoms with Gasteiger partial charge in [0, 0.05) is 12.0 Å². The molecule has 16 heavy (non-hydrogen) atoms. The quantitative estimate of drug-likeness (QED) is 0.679. The number of carbonyl (C=O) groups is 2. The third-order valence-corrected chi connectivity index (χ3v) is 3.04. The van der Waals surface area contributed by atoms with Crippen LogP contribution in [0.5, 0.6) is 0 Å². The number of ether oxygens (including phenoxy) is 1. The third-order valence-electron chi connectivity index (χ3n) is 3.04. The average molecular weight is 228 g/mol. The summed E-state index contributed by atoms with van der Waals surface area (Å²) in [6.45, 7) is 1.60. The molecule has 1 atom stereocenters. The van der Waals surface area contributed by atoms with Gasteiger partial charge >= 0.3 is 5.97 Å². The predicted molar refractivity (Wildman–Crippen MR) is 59.6 cm³/mol. The fourth-order valence-electron chi connectivity index (χ4n) is 2.10. The summed E-state index contributed by atoms with van der Waals surface area (Å²) in [4.78, 5) is 22.7. The van der Waals surface area contributed by atoms with Crippen molar-refractivity contribution in [3.05, 3.63) is 0 Å². The number of methoxy groups -OCH3 is 1. The van der Waals surface area contributed by atoms with Crippen LogP contribution in [0.2, 0.25) is 0 Å². The van der Waals surface area contributed by atoms with E-state index in [1.807, 2.05) is 0 Å². The summed E-state index contributed by atoms with van der Waals surface area (Å²) in [7, 11) is 1.30. The Morgan fingerprint density at radius 3 is 2.50 bits per heavy atom. The standard InChI is InChI=1S/C11H20N2O3/c1-8(10(15)16-2)13-9(14)7-11(12)5-3-4-6-11/h8H,3-7,12H2,1-2H3,(H,13,14)/t8-/m0/s1. The monoisotopic (exact) mass is 228 g/mol. The molecular formula is C11H20N2O3. The number of rotatable bonds is 4. The first-order chi connectivity index (χ1) is 7.47. The number of amides is 1. The Balaban J connectivity index is 2.38. The number of nitrogens with two attached hydrogens (primary N) is 1. The van der Waals surface area contributed by atoms with Gasteiger partial charge in [0.25, 0.3) is 0 Å². The zero-order valence-electron chi connectivity index (χ0n) is 9.91. The van der Waals surface area contributed by atoms with E-state index in [9.17, 15) is 9.59 Å². The van der Waals surface area contributed by atoms with E-state index in [4.69, 9.17) is 5.73 Å². The summed E-state index contributed by atoms with van der Waals surface area (Å²) in [6.07, 6.45) is 4.21. The Hall–Kier alpha value is -1.10. The van der Waals surface area contributed by atoms with Gasteiger partial charge in [-0.05, 0) is 19.8 Å². The molecule has 92 valence electrons. The van der Waals surface area contributed by atoms with Gasteiger partial charge < -0.3 is 15.8 Å². The molecule has 0 aromatic carbocycles. The average Bonchev–Trinajstić information content (AvgIpc) is 2.62. The SMILES string of the molecule is COC(=O)[C@H](C)NC(=O)CC1(N)CCCC1. The Morgan fingerprint density at radius 1 is 1.44 bits per heavy atom. The predicted octanol–water partition coefficient (Wildman–Crippen LogP) is 0.326. The molecule has 0 heterocycles. The van der Waals surface area contributed by atoms with E-state index in [0.717, 1.165) is 25.7 Å². The maximum absolute atomic E-state index is 11.6. The van der Waals surface area contributed by atoms with Gasteiger partial charge in [-0.1, -0.05) is 12.8 Å². The van der Waals surface area contributed by atoms with E-state index >= 15 is 0 Å². The lowest BCUT2D eigenvalue weighted by atomic mass is 9.94. The first-order valence-electron chi connectivity index (χ1n) is 5.63. The van der Waals surface area contributed by atoms with Crippen LogP contribution in [-0.2, 0) is 14.3 Å². The van der Waals surface area contributed by atoms with Crippen LogP contribution in [0, 0.1) is 0 Å². The minimum atomic E-state index is -0.609. The molecular weight excluding hydrogens is 208 g/mol. The van der Waals surface area contributed by atoms with Crippen molar-refractivity contribution in [2.75, 3.05) is 7.11 Å². The summed E-state index contributed by atoms with van der Waals surface area (Å²) in [5, 5.41) is 2.59. The molecule has 0 aliphatic heterocycles. The van der Waals surface area contributed by atoms with Gasteiger partial charge in [-0.3, -0.25) is 4.79 Å². The summed E-state index contributed by atoms with van der Waals surface area (Å²) in [5.41, 5.74) is 5.69. The van der Waals surface area contributed by atoms with Gasteiger partial charge in [0.2, 0.25) is 5.91 Å². The highest BCUT2D eigenvalue weighted by molar-refractivity contribution is 5.84. The van der Waals surface area contributed by atoms with Crippen molar-refractivity contribution < 1.29 is 14.3 Å². The number of nitrogens with one attached hydrogen (secondary N) is 1. The molecule has 0 bridgehead atoms. The fraction of sp³-hybridized carbons (Fsp3) is 0.818. The number of esters is 1. The molecule has 1 saturated carbocycles. The van der Waals surface area contributed by atoms with Gasteiger partial charge in [0.1, 0.15) is 6.04 Å². The Morgan fingerprint density at radius 2 is 2.00 bits per heavy atom. The van der Waals surface area contributed by atoms with Crippen molar-refractivity contribution in [1.82, 2.24) is 5.32 Å². The molecule has 1 amide bonds. The molecule has 0 radical (unpaired) electrons. The smallest absolute Gasteiger partial charge is 0.328 e. The molecule has 1 aliphatic rings. The van der Waals surface area contributed by atoms with Crippen LogP contribution >= 0.6 is 0 Å². The number of carbonyl (C=O) groups excluding carboxylic acids is 2. The maximum Gasteiger partial charge on any atom is 0.328 e. The minimum absolute atomic E-state index is 0.178. The maximum atomic E-state index is 11.6. The van der Waals surface area contributed by atoms with Crippen LogP contribution in [0.15, 0.2) is 0 Å². The summed E-state index contributed by atoms with van der Waals surface area (Å²) in [5.74, 6) is -0.617. The lowest BCUT2D eigenvalue weighted by Crippen LogP contribution is -2.46. The first kappa shape index (κ1) is 13.0. The van der Waals surface area contributed by atoms with Gasteiger partial charge in [0.05, 0.1) is 7.11 Å². The molecule has 5 nitrogen and oxygen atoms in total. The topological polar surface area (TPSA) is 81.4 Å². The molecule has 5 heteroatoms. The van der Waals surface area contributed by atoms with Crippen LogP contribution in [0.4, 0.5) is 0 Å². The Kier molecular flexibility index (Phi) is 4.29. The van der Waals surface area contributed by atoms with Crippen molar-refractivity contribution in [2.45, 2.75) is 50.6 Å². The van der Waals surface area contributed by atoms with Gasteiger partial charge in [-0.2, -0.15) is 0 Å². The van der Waals surface area contributed by atoms with Gasteiger partial charge in [-0.15, -0.1) is 0 Å². The number of hydrogen-bond acceptors (Lipinski definition) is 4. The molecule has 0 spiro atoms. The normalized spacial score (nSPS) is 20.2.